The third-order valence-corrected chi connectivity index (χ3v) is 6.26. The van der Waals surface area contributed by atoms with E-state index in [-0.39, 0.29) is 5.91 Å². The van der Waals surface area contributed by atoms with Gasteiger partial charge in [0.25, 0.3) is 5.91 Å². The van der Waals surface area contributed by atoms with Crippen LogP contribution in [0.3, 0.4) is 0 Å². The zero-order chi connectivity index (χ0) is 23.0. The van der Waals surface area contributed by atoms with E-state index in [0.717, 1.165) is 48.4 Å². The fourth-order valence-electron chi connectivity index (χ4n) is 4.24. The Morgan fingerprint density at radius 1 is 1.00 bits per heavy atom. The van der Waals surface area contributed by atoms with Crippen molar-refractivity contribution < 1.29 is 14.3 Å². The van der Waals surface area contributed by atoms with Gasteiger partial charge < -0.3 is 14.8 Å². The van der Waals surface area contributed by atoms with Gasteiger partial charge in [0.2, 0.25) is 0 Å². The van der Waals surface area contributed by atoms with Crippen LogP contribution in [0.4, 0.5) is 0 Å². The van der Waals surface area contributed by atoms with Gasteiger partial charge >= 0.3 is 0 Å². The van der Waals surface area contributed by atoms with Crippen molar-refractivity contribution in [2.75, 3.05) is 33.9 Å². The van der Waals surface area contributed by atoms with E-state index in [1.165, 1.54) is 5.56 Å². The molecule has 1 aliphatic rings. The van der Waals surface area contributed by atoms with Gasteiger partial charge in [0.1, 0.15) is 6.61 Å². The maximum atomic E-state index is 12.5. The minimum atomic E-state index is -0.0193. The molecule has 0 aromatic heterocycles. The number of amides is 1. The first-order chi connectivity index (χ1) is 16.2. The zero-order valence-corrected chi connectivity index (χ0v) is 19.4. The third kappa shape index (κ3) is 5.74. The summed E-state index contributed by atoms with van der Waals surface area (Å²) >= 11 is 0. The van der Waals surface area contributed by atoms with E-state index < -0.39 is 0 Å². The monoisotopic (exact) mass is 444 g/mol. The molecule has 0 bridgehead atoms. The SMILES string of the molecule is COc1cccc2c1OCC(N(C)CCCCNC(=O)c1ccc(-c3ccccc3)cc1)C2. The quantitative estimate of drug-likeness (QED) is 0.482. The number of unbranched alkanes of at least 4 members (excludes halogenated alkanes) is 1. The molecule has 0 radical (unpaired) electrons. The average molecular weight is 445 g/mol. The molecule has 0 saturated heterocycles. The predicted octanol–water partition coefficient (Wildman–Crippen LogP) is 4.81. The van der Waals surface area contributed by atoms with Crippen LogP contribution in [-0.2, 0) is 6.42 Å². The lowest BCUT2D eigenvalue weighted by molar-refractivity contribution is 0.0952. The summed E-state index contributed by atoms with van der Waals surface area (Å²) in [5, 5.41) is 3.04. The molecule has 1 unspecified atom stereocenters. The Hall–Kier alpha value is -3.31. The van der Waals surface area contributed by atoms with Crippen LogP contribution in [0.25, 0.3) is 11.1 Å². The van der Waals surface area contributed by atoms with Crippen LogP contribution < -0.4 is 14.8 Å². The van der Waals surface area contributed by atoms with E-state index in [1.807, 2.05) is 54.6 Å². The van der Waals surface area contributed by atoms with Crippen LogP contribution >= 0.6 is 0 Å². The van der Waals surface area contributed by atoms with Crippen molar-refractivity contribution in [2.24, 2.45) is 0 Å². The molecular formula is C28H32N2O3. The molecule has 1 heterocycles. The summed E-state index contributed by atoms with van der Waals surface area (Å²) in [5.74, 6) is 1.66. The molecule has 3 aromatic carbocycles. The highest BCUT2D eigenvalue weighted by Crippen LogP contribution is 2.35. The second-order valence-electron chi connectivity index (χ2n) is 8.50. The highest BCUT2D eigenvalue weighted by Gasteiger charge is 2.25. The fraction of sp³-hybridized carbons (Fsp3) is 0.321. The number of carbonyl (C=O) groups excluding carboxylic acids is 1. The van der Waals surface area contributed by atoms with Crippen molar-refractivity contribution in [3.8, 4) is 22.6 Å². The summed E-state index contributed by atoms with van der Waals surface area (Å²) in [6.45, 7) is 2.31. The Balaban J connectivity index is 1.18. The molecule has 1 amide bonds. The number of rotatable bonds is 9. The van der Waals surface area contributed by atoms with Crippen molar-refractivity contribution in [1.29, 1.82) is 0 Å². The molecule has 0 saturated carbocycles. The minimum Gasteiger partial charge on any atom is -0.493 e. The van der Waals surface area contributed by atoms with E-state index in [4.69, 9.17) is 9.47 Å². The second kappa shape index (κ2) is 11.0. The number of para-hydroxylation sites is 1. The van der Waals surface area contributed by atoms with Gasteiger partial charge in [-0.15, -0.1) is 0 Å². The molecule has 1 atom stereocenters. The highest BCUT2D eigenvalue weighted by atomic mass is 16.5. The number of carbonyl (C=O) groups is 1. The van der Waals surface area contributed by atoms with Crippen molar-refractivity contribution in [2.45, 2.75) is 25.3 Å². The Bertz CT molecular complexity index is 1050. The average Bonchev–Trinajstić information content (AvgIpc) is 2.88. The van der Waals surface area contributed by atoms with E-state index in [2.05, 4.69) is 35.5 Å². The number of likely N-dealkylation sites (N-methyl/N-ethyl adjacent to an activating group) is 1. The van der Waals surface area contributed by atoms with Crippen LogP contribution in [-0.4, -0.2) is 50.7 Å². The number of methoxy groups -OCH3 is 1. The van der Waals surface area contributed by atoms with Crippen LogP contribution in [0.1, 0.15) is 28.8 Å². The van der Waals surface area contributed by atoms with Gasteiger partial charge in [0.15, 0.2) is 11.5 Å². The summed E-state index contributed by atoms with van der Waals surface area (Å²) in [7, 11) is 3.82. The predicted molar refractivity (Wildman–Crippen MR) is 132 cm³/mol. The summed E-state index contributed by atoms with van der Waals surface area (Å²) in [5.41, 5.74) is 4.16. The van der Waals surface area contributed by atoms with Gasteiger partial charge in [-0.25, -0.2) is 0 Å². The van der Waals surface area contributed by atoms with Gasteiger partial charge in [0, 0.05) is 18.2 Å². The van der Waals surface area contributed by atoms with Crippen LogP contribution in [0.5, 0.6) is 11.5 Å². The molecular weight excluding hydrogens is 412 g/mol. The van der Waals surface area contributed by atoms with Crippen molar-refractivity contribution in [3.63, 3.8) is 0 Å². The summed E-state index contributed by atoms with van der Waals surface area (Å²) in [6.07, 6.45) is 2.92. The molecule has 5 nitrogen and oxygen atoms in total. The smallest absolute Gasteiger partial charge is 0.251 e. The Labute approximate surface area is 196 Å². The number of nitrogens with zero attached hydrogens (tertiary/aromatic N) is 1. The molecule has 1 N–H and O–H groups in total. The van der Waals surface area contributed by atoms with Crippen LogP contribution in [0.2, 0.25) is 0 Å². The Kier molecular flexibility index (Phi) is 7.63. The largest absolute Gasteiger partial charge is 0.493 e. The standard InChI is InChI=1S/C28H32N2O3/c1-30(25-19-24-11-8-12-26(32-2)27(24)33-20-25)18-7-6-17-29-28(31)23-15-13-22(14-16-23)21-9-4-3-5-10-21/h3-5,8-16,25H,6-7,17-20H2,1-2H3,(H,29,31). The maximum Gasteiger partial charge on any atom is 0.251 e. The molecule has 0 spiro atoms. The highest BCUT2D eigenvalue weighted by molar-refractivity contribution is 5.94. The lowest BCUT2D eigenvalue weighted by Gasteiger charge is -2.33. The minimum absolute atomic E-state index is 0.0193. The molecule has 4 rings (SSSR count). The van der Waals surface area contributed by atoms with Gasteiger partial charge in [0.05, 0.1) is 7.11 Å². The van der Waals surface area contributed by atoms with E-state index in [0.29, 0.717) is 24.8 Å². The number of ether oxygens (including phenoxy) is 2. The summed E-state index contributed by atoms with van der Waals surface area (Å²) < 4.78 is 11.4. The number of nitrogens with one attached hydrogen (secondary N) is 1. The number of fused-ring (bicyclic) bond motifs is 1. The van der Waals surface area contributed by atoms with Crippen LogP contribution in [0, 0.1) is 0 Å². The van der Waals surface area contributed by atoms with Crippen molar-refractivity contribution >= 4 is 5.91 Å². The molecule has 0 fully saturated rings. The third-order valence-electron chi connectivity index (χ3n) is 6.26. The van der Waals surface area contributed by atoms with E-state index in [9.17, 15) is 4.79 Å². The fourth-order valence-corrected chi connectivity index (χ4v) is 4.24. The van der Waals surface area contributed by atoms with Gasteiger partial charge in [-0.2, -0.15) is 0 Å². The summed E-state index contributed by atoms with van der Waals surface area (Å²) in [4.78, 5) is 14.8. The maximum absolute atomic E-state index is 12.5. The lowest BCUT2D eigenvalue weighted by Crippen LogP contribution is -2.41. The van der Waals surface area contributed by atoms with Gasteiger partial charge in [-0.3, -0.25) is 9.69 Å². The van der Waals surface area contributed by atoms with Gasteiger partial charge in [-0.05, 0) is 67.7 Å². The number of hydrogen-bond donors (Lipinski definition) is 1. The molecule has 3 aromatic rings. The van der Waals surface area contributed by atoms with Gasteiger partial charge in [-0.1, -0.05) is 54.6 Å². The first-order valence-corrected chi connectivity index (χ1v) is 11.6. The molecule has 172 valence electrons. The normalized spacial score (nSPS) is 14.9. The summed E-state index contributed by atoms with van der Waals surface area (Å²) in [6, 6.07) is 24.4. The van der Waals surface area contributed by atoms with Crippen molar-refractivity contribution in [1.82, 2.24) is 10.2 Å². The molecule has 0 aliphatic carbocycles. The lowest BCUT2D eigenvalue weighted by atomic mass is 10.0. The Morgan fingerprint density at radius 3 is 2.52 bits per heavy atom. The topological polar surface area (TPSA) is 50.8 Å². The first kappa shape index (κ1) is 22.9. The molecule has 33 heavy (non-hydrogen) atoms. The van der Waals surface area contributed by atoms with E-state index >= 15 is 0 Å². The first-order valence-electron chi connectivity index (χ1n) is 11.6. The van der Waals surface area contributed by atoms with E-state index in [1.54, 1.807) is 7.11 Å². The second-order valence-corrected chi connectivity index (χ2v) is 8.50. The number of benzene rings is 3. The zero-order valence-electron chi connectivity index (χ0n) is 19.4. The van der Waals surface area contributed by atoms with Crippen LogP contribution in [0.15, 0.2) is 72.8 Å². The molecule has 5 heteroatoms. The number of hydrogen-bond acceptors (Lipinski definition) is 4. The van der Waals surface area contributed by atoms with Crippen molar-refractivity contribution in [3.05, 3.63) is 83.9 Å². The molecule has 1 aliphatic heterocycles. The Morgan fingerprint density at radius 2 is 1.76 bits per heavy atom.